The molecule has 1 aromatic heterocycles. The number of rotatable bonds is 3. The molecule has 164 valence electrons. The van der Waals surface area contributed by atoms with Crippen LogP contribution in [0.2, 0.25) is 0 Å². The number of benzene rings is 1. The van der Waals surface area contributed by atoms with Gasteiger partial charge in [0.2, 0.25) is 5.91 Å². The number of fused-ring (bicyclic) bond motifs is 1. The number of carbonyl (C=O) groups is 2. The van der Waals surface area contributed by atoms with Crippen LogP contribution in [0.3, 0.4) is 0 Å². The first-order valence-electron chi connectivity index (χ1n) is 11.1. The lowest BCUT2D eigenvalue weighted by atomic mass is 10.0. The molecule has 3 aliphatic rings. The van der Waals surface area contributed by atoms with E-state index >= 15 is 0 Å². The summed E-state index contributed by atoms with van der Waals surface area (Å²) >= 11 is 0. The molecule has 1 saturated heterocycles. The van der Waals surface area contributed by atoms with Crippen LogP contribution in [0.1, 0.15) is 45.6 Å². The molecule has 1 saturated carbocycles. The molecular formula is C23H28N4O4. The highest BCUT2D eigenvalue weighted by Crippen LogP contribution is 2.40. The number of hydrogen-bond acceptors (Lipinski definition) is 5. The monoisotopic (exact) mass is 424 g/mol. The fourth-order valence-corrected chi connectivity index (χ4v) is 4.48. The highest BCUT2D eigenvalue weighted by molar-refractivity contribution is 6.03. The van der Waals surface area contributed by atoms with Gasteiger partial charge in [0, 0.05) is 38.1 Å². The lowest BCUT2D eigenvalue weighted by Gasteiger charge is -2.41. The largest absolute Gasteiger partial charge is 0.446 e. The average Bonchev–Trinajstić information content (AvgIpc) is 3.49. The van der Waals surface area contributed by atoms with Crippen LogP contribution in [0.4, 0.5) is 16.2 Å². The van der Waals surface area contributed by atoms with Crippen molar-refractivity contribution in [3.8, 4) is 11.1 Å². The Kier molecular flexibility index (Phi) is 5.17. The minimum absolute atomic E-state index is 0.0412. The van der Waals surface area contributed by atoms with Gasteiger partial charge in [-0.15, -0.1) is 0 Å². The molecule has 2 aliphatic heterocycles. The molecule has 1 aliphatic carbocycles. The predicted octanol–water partition coefficient (Wildman–Crippen LogP) is 3.76. The van der Waals surface area contributed by atoms with E-state index in [1.165, 1.54) is 12.8 Å². The van der Waals surface area contributed by atoms with Crippen LogP contribution >= 0.6 is 0 Å². The molecule has 0 spiro atoms. The van der Waals surface area contributed by atoms with E-state index in [1.807, 2.05) is 36.0 Å². The van der Waals surface area contributed by atoms with Crippen LogP contribution < -0.4 is 9.80 Å². The van der Waals surface area contributed by atoms with Crippen LogP contribution in [-0.4, -0.2) is 53.7 Å². The number of carbonyl (C=O) groups excluding carboxylic acids is 2. The maximum Gasteiger partial charge on any atom is 0.414 e. The van der Waals surface area contributed by atoms with Crippen LogP contribution in [0, 0.1) is 0 Å². The Morgan fingerprint density at radius 3 is 2.58 bits per heavy atom. The number of hydrogen-bond donors (Lipinski definition) is 0. The van der Waals surface area contributed by atoms with Gasteiger partial charge in [0.15, 0.2) is 0 Å². The van der Waals surface area contributed by atoms with Crippen LogP contribution in [0.5, 0.6) is 0 Å². The Balaban J connectivity index is 1.48. The lowest BCUT2D eigenvalue weighted by Crippen LogP contribution is -2.52. The first-order valence-corrected chi connectivity index (χ1v) is 11.1. The number of ether oxygens (including phenoxy) is 2. The summed E-state index contributed by atoms with van der Waals surface area (Å²) in [6, 6.07) is 6.24. The maximum atomic E-state index is 13.1. The van der Waals surface area contributed by atoms with Crippen molar-refractivity contribution in [2.45, 2.75) is 57.7 Å². The van der Waals surface area contributed by atoms with Crippen LogP contribution in [0.25, 0.3) is 11.1 Å². The second-order valence-corrected chi connectivity index (χ2v) is 8.69. The second kappa shape index (κ2) is 8.00. The van der Waals surface area contributed by atoms with E-state index < -0.39 is 0 Å². The minimum atomic E-state index is -0.367. The Morgan fingerprint density at radius 1 is 1.10 bits per heavy atom. The van der Waals surface area contributed by atoms with E-state index in [0.717, 1.165) is 16.8 Å². The first-order chi connectivity index (χ1) is 15.0. The Bertz CT molecular complexity index is 993. The second-order valence-electron chi connectivity index (χ2n) is 8.69. The normalized spacial score (nSPS) is 21.7. The van der Waals surface area contributed by atoms with Crippen molar-refractivity contribution in [3.05, 3.63) is 30.6 Å². The Labute approximate surface area is 181 Å². The number of anilines is 2. The van der Waals surface area contributed by atoms with Gasteiger partial charge >= 0.3 is 6.09 Å². The maximum absolute atomic E-state index is 13.1. The van der Waals surface area contributed by atoms with Crippen molar-refractivity contribution < 1.29 is 19.1 Å². The van der Waals surface area contributed by atoms with Crippen molar-refractivity contribution >= 4 is 23.4 Å². The molecule has 8 nitrogen and oxygen atoms in total. The van der Waals surface area contributed by atoms with Gasteiger partial charge in [-0.1, -0.05) is 6.07 Å². The highest BCUT2D eigenvalue weighted by atomic mass is 16.6. The summed E-state index contributed by atoms with van der Waals surface area (Å²) in [4.78, 5) is 28.9. The van der Waals surface area contributed by atoms with E-state index in [0.29, 0.717) is 44.3 Å². The molecule has 0 unspecified atom stereocenters. The van der Waals surface area contributed by atoms with E-state index in [2.05, 4.69) is 11.3 Å². The molecule has 0 N–H and O–H groups in total. The van der Waals surface area contributed by atoms with Crippen LogP contribution in [0.15, 0.2) is 30.6 Å². The summed E-state index contributed by atoms with van der Waals surface area (Å²) in [6.07, 6.45) is 7.17. The van der Waals surface area contributed by atoms with Gasteiger partial charge in [0.25, 0.3) is 0 Å². The lowest BCUT2D eigenvalue weighted by molar-refractivity contribution is -0.117. The van der Waals surface area contributed by atoms with Gasteiger partial charge in [0.1, 0.15) is 6.10 Å². The molecule has 0 bridgehead atoms. The average molecular weight is 425 g/mol. The zero-order valence-corrected chi connectivity index (χ0v) is 18.0. The third-order valence-corrected chi connectivity index (χ3v) is 6.26. The molecular weight excluding hydrogens is 396 g/mol. The first kappa shape index (κ1) is 20.1. The zero-order valence-electron chi connectivity index (χ0n) is 18.0. The quantitative estimate of drug-likeness (QED) is 0.750. The van der Waals surface area contributed by atoms with Gasteiger partial charge < -0.3 is 14.4 Å². The molecule has 31 heavy (non-hydrogen) atoms. The number of aromatic nitrogens is 2. The summed E-state index contributed by atoms with van der Waals surface area (Å²) in [6.45, 7) is 5.12. The van der Waals surface area contributed by atoms with Gasteiger partial charge in [0.05, 0.1) is 42.9 Å². The van der Waals surface area contributed by atoms with Gasteiger partial charge in [-0.05, 0) is 37.5 Å². The standard InChI is InChI=1S/C23H28N4O4/c1-15-13-25(23(29)31-20-7-9-30-10-8-20)22-11-17(3-6-21(22)27(15)16(2)28)18-12-24-26(14-18)19-4-5-19/h3,6,11-12,14-15,19-20H,4-5,7-10,13H2,1-2H3/t15-/m0/s1. The zero-order chi connectivity index (χ0) is 21.5. The molecule has 1 atom stereocenters. The van der Waals surface area contributed by atoms with Crippen molar-refractivity contribution in [1.29, 1.82) is 0 Å². The smallest absolute Gasteiger partial charge is 0.414 e. The van der Waals surface area contributed by atoms with E-state index in [9.17, 15) is 9.59 Å². The fourth-order valence-electron chi connectivity index (χ4n) is 4.48. The van der Waals surface area contributed by atoms with Crippen molar-refractivity contribution in [3.63, 3.8) is 0 Å². The van der Waals surface area contributed by atoms with Crippen molar-refractivity contribution in [2.24, 2.45) is 0 Å². The summed E-state index contributed by atoms with van der Waals surface area (Å²) in [5, 5.41) is 4.49. The topological polar surface area (TPSA) is 76.9 Å². The van der Waals surface area contributed by atoms with Gasteiger partial charge in [-0.3, -0.25) is 14.4 Å². The SMILES string of the molecule is CC(=O)N1c2ccc(-c3cnn(C4CC4)c3)cc2N(C(=O)OC2CCOCC2)C[C@@H]1C. The summed E-state index contributed by atoms with van der Waals surface area (Å²) in [5.74, 6) is -0.0412. The van der Waals surface area contributed by atoms with Crippen LogP contribution in [-0.2, 0) is 14.3 Å². The van der Waals surface area contributed by atoms with Gasteiger partial charge in [-0.25, -0.2) is 4.79 Å². The molecule has 2 aromatic rings. The number of amides is 2. The van der Waals surface area contributed by atoms with Crippen molar-refractivity contribution in [1.82, 2.24) is 9.78 Å². The van der Waals surface area contributed by atoms with E-state index in [1.54, 1.807) is 16.7 Å². The predicted molar refractivity (Wildman–Crippen MR) is 116 cm³/mol. The summed E-state index contributed by atoms with van der Waals surface area (Å²) in [5.41, 5.74) is 3.39. The van der Waals surface area contributed by atoms with Gasteiger partial charge in [-0.2, -0.15) is 5.10 Å². The van der Waals surface area contributed by atoms with E-state index in [4.69, 9.17) is 9.47 Å². The fraction of sp³-hybridized carbons (Fsp3) is 0.522. The minimum Gasteiger partial charge on any atom is -0.446 e. The molecule has 2 fully saturated rings. The van der Waals surface area contributed by atoms with Crippen molar-refractivity contribution in [2.75, 3.05) is 29.6 Å². The molecule has 1 aromatic carbocycles. The third kappa shape index (κ3) is 3.92. The molecule has 5 rings (SSSR count). The molecule has 2 amide bonds. The highest BCUT2D eigenvalue weighted by Gasteiger charge is 2.35. The summed E-state index contributed by atoms with van der Waals surface area (Å²) < 4.78 is 13.2. The van der Waals surface area contributed by atoms with E-state index in [-0.39, 0.29) is 24.1 Å². The Morgan fingerprint density at radius 2 is 1.87 bits per heavy atom. The number of nitrogens with zero attached hydrogens (tertiary/aromatic N) is 4. The molecule has 8 heteroatoms. The third-order valence-electron chi connectivity index (χ3n) is 6.26. The molecule has 3 heterocycles. The molecule has 0 radical (unpaired) electrons. The summed E-state index contributed by atoms with van der Waals surface area (Å²) in [7, 11) is 0. The Hall–Kier alpha value is -2.87.